The van der Waals surface area contributed by atoms with Crippen molar-refractivity contribution in [3.05, 3.63) is 283 Å². The van der Waals surface area contributed by atoms with Crippen molar-refractivity contribution < 1.29 is 0 Å². The summed E-state index contributed by atoms with van der Waals surface area (Å²) >= 11 is 0. The van der Waals surface area contributed by atoms with Crippen LogP contribution in [-0.4, -0.2) is 9.13 Å². The number of fused-ring (bicyclic) bond motifs is 6. The van der Waals surface area contributed by atoms with Gasteiger partial charge in [-0.05, 0) is 267 Å². The van der Waals surface area contributed by atoms with Crippen LogP contribution >= 0.6 is 0 Å². The van der Waals surface area contributed by atoms with Crippen LogP contribution in [-0.2, 0) is 10.8 Å². The Hall–Kier alpha value is -8.98. The Morgan fingerprint density at radius 1 is 0.221 bits per heavy atom. The van der Waals surface area contributed by atoms with Gasteiger partial charge in [-0.1, -0.05) is 171 Å². The van der Waals surface area contributed by atoms with Gasteiger partial charge in [0.05, 0.1) is 22.1 Å². The summed E-state index contributed by atoms with van der Waals surface area (Å²) < 4.78 is 4.94. The first-order valence-corrected chi connectivity index (χ1v) is 30.9. The number of hydrogen-bond donors (Lipinski definition) is 0. The molecule has 0 aliphatic rings. The maximum Gasteiger partial charge on any atom is 0.0541 e. The Labute approximate surface area is 510 Å². The number of hydrogen-bond acceptors (Lipinski definition) is 0. The van der Waals surface area contributed by atoms with Gasteiger partial charge in [0.15, 0.2) is 0 Å². The average Bonchev–Trinajstić information content (AvgIpc) is 1.65. The fourth-order valence-corrected chi connectivity index (χ4v) is 15.5. The Balaban J connectivity index is 0.817. The second-order valence-corrected chi connectivity index (χ2v) is 26.6. The van der Waals surface area contributed by atoms with Crippen molar-refractivity contribution >= 4 is 43.6 Å². The third kappa shape index (κ3) is 9.41. The van der Waals surface area contributed by atoms with E-state index in [9.17, 15) is 0 Å². The van der Waals surface area contributed by atoms with Crippen molar-refractivity contribution in [3.8, 4) is 55.9 Å². The quantitative estimate of drug-likeness (QED) is 0.129. The third-order valence-electron chi connectivity index (χ3n) is 19.4. The zero-order chi connectivity index (χ0) is 60.4. The van der Waals surface area contributed by atoms with Crippen LogP contribution in [0, 0.1) is 83.1 Å². The largest absolute Gasteiger partial charge is 0.309 e. The highest BCUT2D eigenvalue weighted by Gasteiger charge is 2.28. The molecule has 13 rings (SSSR count). The van der Waals surface area contributed by atoms with Crippen molar-refractivity contribution in [1.82, 2.24) is 9.13 Å². The molecule has 13 aromatic rings. The third-order valence-corrected chi connectivity index (χ3v) is 19.4. The van der Waals surface area contributed by atoms with Gasteiger partial charge in [-0.2, -0.15) is 0 Å². The normalized spacial score (nSPS) is 12.2. The molecule has 0 saturated carbocycles. The van der Waals surface area contributed by atoms with E-state index in [0.29, 0.717) is 0 Å². The minimum absolute atomic E-state index is 0.236. The lowest BCUT2D eigenvalue weighted by atomic mass is 9.74. The van der Waals surface area contributed by atoms with Crippen molar-refractivity contribution in [1.29, 1.82) is 0 Å². The molecule has 0 radical (unpaired) electrons. The first-order valence-electron chi connectivity index (χ1n) is 30.9. The molecule has 0 bridgehead atoms. The van der Waals surface area contributed by atoms with Gasteiger partial charge in [-0.3, -0.25) is 0 Å². The maximum atomic E-state index is 2.47. The molecule has 0 aliphatic heterocycles. The molecule has 2 nitrogen and oxygen atoms in total. The molecule has 11 aromatic carbocycles. The topological polar surface area (TPSA) is 9.86 Å². The fourth-order valence-electron chi connectivity index (χ4n) is 15.5. The Morgan fingerprint density at radius 3 is 0.605 bits per heavy atom. The van der Waals surface area contributed by atoms with Gasteiger partial charge < -0.3 is 9.13 Å². The van der Waals surface area contributed by atoms with Crippen molar-refractivity contribution in [2.75, 3.05) is 0 Å². The summed E-state index contributed by atoms with van der Waals surface area (Å²) in [6.07, 6.45) is 0. The second-order valence-electron chi connectivity index (χ2n) is 26.6. The standard InChI is InChI=1S/C84H80N2/c1-49-37-53(5)79(54(6)38-49)61-17-33-75-71(45-61)72-46-62(80-55(7)39-50(2)40-56(80)8)18-34-76(72)85(75)69-29-25-67(26-30-69)83(13,14)65-21-23-66(24-22-65)84(15,16)68-27-31-70(32-28-68)86-77-35-19-63(81-57(9)41-51(3)42-58(81)10)47-73(77)74-48-64(20-36-78(74)86)82-59(11)43-52(4)44-60(82)12/h17-48H,1-16H3. The van der Waals surface area contributed by atoms with Crippen LogP contribution in [0.1, 0.15) is 117 Å². The van der Waals surface area contributed by atoms with E-state index in [-0.39, 0.29) is 10.8 Å². The molecule has 0 amide bonds. The van der Waals surface area contributed by atoms with Gasteiger partial charge in [-0.25, -0.2) is 0 Å². The van der Waals surface area contributed by atoms with Gasteiger partial charge in [0.2, 0.25) is 0 Å². The number of aromatic nitrogens is 2. The van der Waals surface area contributed by atoms with E-state index in [2.05, 4.69) is 314 Å². The Bertz CT molecular complexity index is 4260. The smallest absolute Gasteiger partial charge is 0.0541 e. The van der Waals surface area contributed by atoms with E-state index in [1.807, 2.05) is 0 Å². The highest BCUT2D eigenvalue weighted by Crippen LogP contribution is 2.44. The lowest BCUT2D eigenvalue weighted by molar-refractivity contribution is 0.626. The average molecular weight is 1120 g/mol. The van der Waals surface area contributed by atoms with E-state index in [4.69, 9.17) is 0 Å². The minimum atomic E-state index is -0.236. The number of rotatable bonds is 10. The molecule has 2 aromatic heterocycles. The van der Waals surface area contributed by atoms with Crippen LogP contribution in [0.4, 0.5) is 0 Å². The van der Waals surface area contributed by atoms with E-state index < -0.39 is 0 Å². The van der Waals surface area contributed by atoms with Crippen molar-refractivity contribution in [2.45, 2.75) is 122 Å². The number of aryl methyl sites for hydroxylation is 12. The van der Waals surface area contributed by atoms with Gasteiger partial charge >= 0.3 is 0 Å². The summed E-state index contributed by atoms with van der Waals surface area (Å²) in [4.78, 5) is 0. The van der Waals surface area contributed by atoms with Crippen LogP contribution < -0.4 is 0 Å². The summed E-state index contributed by atoms with van der Waals surface area (Å²) in [5.41, 5.74) is 37.9. The molecule has 426 valence electrons. The molecule has 0 spiro atoms. The molecule has 0 fully saturated rings. The summed E-state index contributed by atoms with van der Waals surface area (Å²) in [6, 6.07) is 75.1. The van der Waals surface area contributed by atoms with Crippen LogP contribution in [0.2, 0.25) is 0 Å². The van der Waals surface area contributed by atoms with Gasteiger partial charge in [0, 0.05) is 43.7 Å². The molecule has 2 heterocycles. The van der Waals surface area contributed by atoms with Crippen LogP contribution in [0.25, 0.3) is 99.5 Å². The Morgan fingerprint density at radius 2 is 0.407 bits per heavy atom. The van der Waals surface area contributed by atoms with Gasteiger partial charge in [0.25, 0.3) is 0 Å². The highest BCUT2D eigenvalue weighted by molar-refractivity contribution is 6.13. The molecule has 86 heavy (non-hydrogen) atoms. The second kappa shape index (κ2) is 20.9. The first kappa shape index (κ1) is 56.2. The van der Waals surface area contributed by atoms with E-state index >= 15 is 0 Å². The monoisotopic (exact) mass is 1120 g/mol. The fraction of sp³-hybridized carbons (Fsp3) is 0.214. The number of nitrogens with zero attached hydrogens (tertiary/aromatic N) is 2. The zero-order valence-corrected chi connectivity index (χ0v) is 53.4. The molecule has 0 unspecified atom stereocenters. The van der Waals surface area contributed by atoms with Gasteiger partial charge in [0.1, 0.15) is 0 Å². The minimum Gasteiger partial charge on any atom is -0.309 e. The van der Waals surface area contributed by atoms with Crippen LogP contribution in [0.5, 0.6) is 0 Å². The first-order chi connectivity index (χ1) is 41.0. The highest BCUT2D eigenvalue weighted by atomic mass is 15.0. The molecule has 0 saturated heterocycles. The number of benzene rings is 11. The molecular weight excluding hydrogens is 1040 g/mol. The molecule has 0 N–H and O–H groups in total. The van der Waals surface area contributed by atoms with Crippen LogP contribution in [0.15, 0.2) is 194 Å². The summed E-state index contributed by atoms with van der Waals surface area (Å²) in [5.74, 6) is 0. The van der Waals surface area contributed by atoms with E-state index in [1.54, 1.807) is 0 Å². The van der Waals surface area contributed by atoms with Crippen molar-refractivity contribution in [2.24, 2.45) is 0 Å². The summed E-state index contributed by atoms with van der Waals surface area (Å²) in [5, 5.41) is 5.07. The maximum absolute atomic E-state index is 2.47. The Kier molecular flexibility index (Phi) is 13.7. The lowest BCUT2D eigenvalue weighted by Gasteiger charge is -2.30. The summed E-state index contributed by atoms with van der Waals surface area (Å²) in [7, 11) is 0. The zero-order valence-electron chi connectivity index (χ0n) is 53.4. The van der Waals surface area contributed by atoms with Crippen LogP contribution in [0.3, 0.4) is 0 Å². The molecular formula is C84H80N2. The predicted molar refractivity (Wildman–Crippen MR) is 371 cm³/mol. The predicted octanol–water partition coefficient (Wildman–Crippen LogP) is 22.9. The molecule has 0 aliphatic carbocycles. The van der Waals surface area contributed by atoms with E-state index in [0.717, 1.165) is 11.4 Å². The van der Waals surface area contributed by atoms with E-state index in [1.165, 1.54) is 177 Å². The van der Waals surface area contributed by atoms with Gasteiger partial charge in [-0.15, -0.1) is 0 Å². The SMILES string of the molecule is Cc1cc(C)c(-c2ccc3c(c2)c2cc(-c4c(C)cc(C)cc4C)ccc2n3-c2ccc(C(C)(C)c3ccc(C(C)(C)c4ccc(-n5c6ccc(-c7c(C)cc(C)cc7C)cc6c6cc(-c7c(C)cc(C)cc7C)ccc65)cc4)cc3)cc2)c(C)c1. The molecule has 2 heteroatoms. The molecule has 0 atom stereocenters. The summed E-state index contributed by atoms with van der Waals surface area (Å²) in [6.45, 7) is 36.2. The van der Waals surface area contributed by atoms with Crippen molar-refractivity contribution in [3.63, 3.8) is 0 Å². The lowest BCUT2D eigenvalue weighted by Crippen LogP contribution is -2.21.